The molecule has 150 valence electrons. The van der Waals surface area contributed by atoms with Gasteiger partial charge in [-0.3, -0.25) is 19.0 Å². The van der Waals surface area contributed by atoms with Crippen molar-refractivity contribution in [1.29, 1.82) is 0 Å². The third-order valence-corrected chi connectivity index (χ3v) is 5.17. The molecule has 1 aromatic carbocycles. The number of fused-ring (bicyclic) bond motifs is 1. The van der Waals surface area contributed by atoms with Crippen molar-refractivity contribution in [3.63, 3.8) is 0 Å². The number of benzene rings is 1. The average Bonchev–Trinajstić information content (AvgIpc) is 2.96. The standard InChI is InChI=1S/C21H27N3O4/c1-15(20(26)23-16-8-4-2-3-5-9-16)28-19(25)12-13-24-14-22-18-11-7-6-10-17(18)21(24)27/h6-7,10-11,14-16H,2-5,8-9,12-13H2,1H3,(H,23,26)/t15-/m1/s1. The first kappa shape index (κ1) is 20.0. The highest BCUT2D eigenvalue weighted by molar-refractivity contribution is 5.83. The molecule has 0 unspecified atom stereocenters. The normalized spacial score (nSPS) is 16.3. The molecule has 0 saturated heterocycles. The molecule has 2 aromatic rings. The van der Waals surface area contributed by atoms with E-state index in [1.165, 1.54) is 23.7 Å². The molecule has 7 heteroatoms. The molecule has 1 saturated carbocycles. The van der Waals surface area contributed by atoms with Crippen LogP contribution < -0.4 is 10.9 Å². The highest BCUT2D eigenvalue weighted by Gasteiger charge is 2.21. The summed E-state index contributed by atoms with van der Waals surface area (Å²) in [6.45, 7) is 1.74. The molecular weight excluding hydrogens is 358 g/mol. The Kier molecular flexibility index (Phi) is 6.79. The van der Waals surface area contributed by atoms with Crippen LogP contribution in [-0.4, -0.2) is 33.6 Å². The van der Waals surface area contributed by atoms with Crippen molar-refractivity contribution >= 4 is 22.8 Å². The van der Waals surface area contributed by atoms with E-state index in [-0.39, 0.29) is 30.5 Å². The summed E-state index contributed by atoms with van der Waals surface area (Å²) in [5.74, 6) is -0.770. The van der Waals surface area contributed by atoms with E-state index in [9.17, 15) is 14.4 Å². The number of aromatic nitrogens is 2. The SMILES string of the molecule is C[C@@H](OC(=O)CCn1cnc2ccccc2c1=O)C(=O)NC1CCCCCC1. The van der Waals surface area contributed by atoms with Crippen molar-refractivity contribution in [2.45, 2.75) is 70.6 Å². The van der Waals surface area contributed by atoms with Crippen molar-refractivity contribution < 1.29 is 14.3 Å². The zero-order chi connectivity index (χ0) is 19.9. The fraction of sp³-hybridized carbons (Fsp3) is 0.524. The Morgan fingerprint density at radius 1 is 1.21 bits per heavy atom. The van der Waals surface area contributed by atoms with Gasteiger partial charge in [-0.1, -0.05) is 37.8 Å². The van der Waals surface area contributed by atoms with Gasteiger partial charge in [0.1, 0.15) is 0 Å². The lowest BCUT2D eigenvalue weighted by molar-refractivity contribution is -0.155. The first-order valence-corrected chi connectivity index (χ1v) is 9.98. The van der Waals surface area contributed by atoms with Gasteiger partial charge in [-0.05, 0) is 31.9 Å². The molecule has 1 heterocycles. The maximum atomic E-state index is 12.4. The molecule has 0 radical (unpaired) electrons. The largest absolute Gasteiger partial charge is 0.452 e. The molecule has 0 spiro atoms. The molecule has 0 bridgehead atoms. The van der Waals surface area contributed by atoms with E-state index in [0.717, 1.165) is 25.7 Å². The fourth-order valence-corrected chi connectivity index (χ4v) is 3.53. The lowest BCUT2D eigenvalue weighted by atomic mass is 10.1. The summed E-state index contributed by atoms with van der Waals surface area (Å²) >= 11 is 0. The number of nitrogens with one attached hydrogen (secondary N) is 1. The van der Waals surface area contributed by atoms with E-state index < -0.39 is 12.1 Å². The Hall–Kier alpha value is -2.70. The molecule has 1 aliphatic rings. The molecule has 3 rings (SSSR count). The van der Waals surface area contributed by atoms with E-state index in [2.05, 4.69) is 10.3 Å². The second kappa shape index (κ2) is 9.48. The molecule has 1 amide bonds. The van der Waals surface area contributed by atoms with Gasteiger partial charge in [-0.2, -0.15) is 0 Å². The average molecular weight is 385 g/mol. The molecule has 1 N–H and O–H groups in total. The third-order valence-electron chi connectivity index (χ3n) is 5.17. The summed E-state index contributed by atoms with van der Waals surface area (Å²) in [6.07, 6.45) is 7.19. The minimum Gasteiger partial charge on any atom is -0.452 e. The zero-order valence-corrected chi connectivity index (χ0v) is 16.2. The van der Waals surface area contributed by atoms with Crippen LogP contribution in [0.2, 0.25) is 0 Å². The summed E-state index contributed by atoms with van der Waals surface area (Å²) in [4.78, 5) is 41.1. The van der Waals surface area contributed by atoms with Crippen molar-refractivity contribution in [3.8, 4) is 0 Å². The van der Waals surface area contributed by atoms with Gasteiger partial charge in [0.05, 0.1) is 23.7 Å². The zero-order valence-electron chi connectivity index (χ0n) is 16.2. The van der Waals surface area contributed by atoms with Gasteiger partial charge in [0, 0.05) is 12.6 Å². The summed E-state index contributed by atoms with van der Waals surface area (Å²) in [5.41, 5.74) is 0.424. The van der Waals surface area contributed by atoms with Crippen molar-refractivity contribution in [2.75, 3.05) is 0 Å². The molecule has 1 aromatic heterocycles. The van der Waals surface area contributed by atoms with Gasteiger partial charge in [-0.15, -0.1) is 0 Å². The molecule has 0 aliphatic heterocycles. The number of nitrogens with zero attached hydrogens (tertiary/aromatic N) is 2. The highest BCUT2D eigenvalue weighted by atomic mass is 16.5. The monoisotopic (exact) mass is 385 g/mol. The van der Waals surface area contributed by atoms with Crippen LogP contribution in [0.1, 0.15) is 51.9 Å². The number of carbonyl (C=O) groups is 2. The number of carbonyl (C=O) groups excluding carboxylic acids is 2. The Morgan fingerprint density at radius 2 is 1.93 bits per heavy atom. The van der Waals surface area contributed by atoms with Crippen molar-refractivity contribution in [3.05, 3.63) is 40.9 Å². The van der Waals surface area contributed by atoms with E-state index >= 15 is 0 Å². The first-order valence-electron chi connectivity index (χ1n) is 9.98. The number of hydrogen-bond donors (Lipinski definition) is 1. The summed E-state index contributed by atoms with van der Waals surface area (Å²) in [7, 11) is 0. The molecule has 28 heavy (non-hydrogen) atoms. The number of esters is 1. The predicted molar refractivity (Wildman–Crippen MR) is 106 cm³/mol. The topological polar surface area (TPSA) is 90.3 Å². The number of rotatable bonds is 6. The van der Waals surface area contributed by atoms with E-state index in [4.69, 9.17) is 4.74 Å². The van der Waals surface area contributed by atoms with Crippen LogP contribution in [0.25, 0.3) is 10.9 Å². The Balaban J connectivity index is 1.50. The maximum absolute atomic E-state index is 12.4. The highest BCUT2D eigenvalue weighted by Crippen LogP contribution is 2.17. The Morgan fingerprint density at radius 3 is 2.68 bits per heavy atom. The number of para-hydroxylation sites is 1. The number of aryl methyl sites for hydroxylation is 1. The predicted octanol–water partition coefficient (Wildman–Crippen LogP) is 2.56. The van der Waals surface area contributed by atoms with Crippen molar-refractivity contribution in [2.24, 2.45) is 0 Å². The van der Waals surface area contributed by atoms with Gasteiger partial charge in [0.15, 0.2) is 6.10 Å². The summed E-state index contributed by atoms with van der Waals surface area (Å²) in [5, 5.41) is 3.49. The van der Waals surface area contributed by atoms with E-state index in [0.29, 0.717) is 10.9 Å². The summed E-state index contributed by atoms with van der Waals surface area (Å²) < 4.78 is 6.64. The quantitative estimate of drug-likeness (QED) is 0.610. The van der Waals surface area contributed by atoms with Crippen molar-refractivity contribution in [1.82, 2.24) is 14.9 Å². The molecular formula is C21H27N3O4. The van der Waals surface area contributed by atoms with Gasteiger partial charge in [0.2, 0.25) is 0 Å². The molecule has 1 aliphatic carbocycles. The van der Waals surface area contributed by atoms with Gasteiger partial charge >= 0.3 is 5.97 Å². The second-order valence-electron chi connectivity index (χ2n) is 7.34. The number of hydrogen-bond acceptors (Lipinski definition) is 5. The van der Waals surface area contributed by atoms with Crippen LogP contribution in [-0.2, 0) is 20.9 Å². The molecule has 7 nitrogen and oxygen atoms in total. The molecule has 1 atom stereocenters. The third kappa shape index (κ3) is 5.18. The lowest BCUT2D eigenvalue weighted by Crippen LogP contribution is -2.42. The van der Waals surface area contributed by atoms with Gasteiger partial charge in [-0.25, -0.2) is 4.98 Å². The molecule has 1 fully saturated rings. The second-order valence-corrected chi connectivity index (χ2v) is 7.34. The van der Waals surface area contributed by atoms with Crippen LogP contribution in [0.4, 0.5) is 0 Å². The van der Waals surface area contributed by atoms with E-state index in [1.54, 1.807) is 25.1 Å². The number of amides is 1. The number of ether oxygens (including phenoxy) is 1. The Labute approximate surface area is 164 Å². The van der Waals surface area contributed by atoms with Crippen LogP contribution in [0, 0.1) is 0 Å². The van der Waals surface area contributed by atoms with Crippen LogP contribution in [0.3, 0.4) is 0 Å². The summed E-state index contributed by atoms with van der Waals surface area (Å²) in [6, 6.07) is 7.23. The Bertz CT molecular complexity index is 885. The smallest absolute Gasteiger partial charge is 0.308 e. The van der Waals surface area contributed by atoms with Crippen LogP contribution in [0.15, 0.2) is 35.4 Å². The van der Waals surface area contributed by atoms with Crippen LogP contribution >= 0.6 is 0 Å². The maximum Gasteiger partial charge on any atom is 0.308 e. The first-order chi connectivity index (χ1) is 13.5. The van der Waals surface area contributed by atoms with Gasteiger partial charge < -0.3 is 10.1 Å². The van der Waals surface area contributed by atoms with E-state index in [1.807, 2.05) is 6.07 Å². The van der Waals surface area contributed by atoms with Gasteiger partial charge in [0.25, 0.3) is 11.5 Å². The minimum absolute atomic E-state index is 0.000968. The lowest BCUT2D eigenvalue weighted by Gasteiger charge is -2.19. The minimum atomic E-state index is -0.845. The van der Waals surface area contributed by atoms with Crippen LogP contribution in [0.5, 0.6) is 0 Å². The fourth-order valence-electron chi connectivity index (χ4n) is 3.53.